The van der Waals surface area contributed by atoms with Gasteiger partial charge in [-0.1, -0.05) is 31.3 Å². The Balaban J connectivity index is 1.66. The number of carbonyl (C=O) groups is 1. The fraction of sp³-hybridized carbons (Fsp3) is 0.478. The van der Waals surface area contributed by atoms with Crippen LogP contribution in [0.25, 0.3) is 11.2 Å². The molecule has 10 heteroatoms. The molecule has 0 radical (unpaired) electrons. The Morgan fingerprint density at radius 3 is 2.67 bits per heavy atom. The molecular formula is C23H31N5O4Si. The molecule has 0 bridgehead atoms. The van der Waals surface area contributed by atoms with Gasteiger partial charge in [0.05, 0.1) is 33.4 Å². The summed E-state index contributed by atoms with van der Waals surface area (Å²) in [5.41, 5.74) is 1.23. The summed E-state index contributed by atoms with van der Waals surface area (Å²) in [6.07, 6.45) is 2.39. The van der Waals surface area contributed by atoms with Crippen molar-refractivity contribution < 1.29 is 19.4 Å². The van der Waals surface area contributed by atoms with E-state index in [4.69, 9.17) is 9.47 Å². The molecule has 3 atom stereocenters. The highest BCUT2D eigenvalue weighted by Crippen LogP contribution is 2.40. The maximum atomic E-state index is 12.7. The van der Waals surface area contributed by atoms with Crippen LogP contribution >= 0.6 is 0 Å². The molecule has 1 aromatic carbocycles. The summed E-state index contributed by atoms with van der Waals surface area (Å²) in [6, 6.07) is 8.93. The fourth-order valence-electron chi connectivity index (χ4n) is 4.07. The number of rotatable bonds is 6. The molecular weight excluding hydrogens is 438 g/mol. The summed E-state index contributed by atoms with van der Waals surface area (Å²) in [7, 11) is -1.56. The van der Waals surface area contributed by atoms with Gasteiger partial charge in [0, 0.05) is 12.0 Å². The molecule has 9 nitrogen and oxygen atoms in total. The van der Waals surface area contributed by atoms with Crippen LogP contribution in [0.2, 0.25) is 13.1 Å². The molecule has 2 N–H and O–H groups in total. The maximum absolute atomic E-state index is 12.7. The predicted molar refractivity (Wildman–Crippen MR) is 128 cm³/mol. The first-order valence-electron chi connectivity index (χ1n) is 11.2. The number of carbonyl (C=O) groups excluding carboxylic acids is 1. The molecule has 1 fully saturated rings. The number of nitrogens with zero attached hydrogens (tertiary/aromatic N) is 4. The van der Waals surface area contributed by atoms with Gasteiger partial charge in [0.15, 0.2) is 17.0 Å². The maximum Gasteiger partial charge on any atom is 0.256 e. The molecule has 3 aromatic rings. The Labute approximate surface area is 194 Å². The first-order chi connectivity index (χ1) is 15.6. The van der Waals surface area contributed by atoms with Gasteiger partial charge < -0.3 is 19.9 Å². The largest absolute Gasteiger partial charge is 0.390 e. The molecule has 3 heterocycles. The highest BCUT2D eigenvalue weighted by Gasteiger charge is 2.50. The Hall–Kier alpha value is -2.66. The van der Waals surface area contributed by atoms with Gasteiger partial charge in [-0.2, -0.15) is 0 Å². The average Bonchev–Trinajstić information content (AvgIpc) is 3.35. The number of aliphatic hydroxyl groups is 1. The highest BCUT2D eigenvalue weighted by molar-refractivity contribution is 6.58. The molecule has 176 valence electrons. The van der Waals surface area contributed by atoms with Gasteiger partial charge >= 0.3 is 0 Å². The van der Waals surface area contributed by atoms with Gasteiger partial charge in [-0.25, -0.2) is 15.0 Å². The predicted octanol–water partition coefficient (Wildman–Crippen LogP) is 2.72. The monoisotopic (exact) mass is 469 g/mol. The summed E-state index contributed by atoms with van der Waals surface area (Å²) in [5, 5.41) is 12.9. The average molecular weight is 470 g/mol. The van der Waals surface area contributed by atoms with Crippen LogP contribution < -0.4 is 5.32 Å². The first kappa shape index (κ1) is 23.5. The van der Waals surface area contributed by atoms with Gasteiger partial charge in [0.2, 0.25) is 0 Å². The lowest BCUT2D eigenvalue weighted by Crippen LogP contribution is -2.45. The number of aromatic nitrogens is 4. The van der Waals surface area contributed by atoms with Crippen LogP contribution in [0.15, 0.2) is 43.0 Å². The number of nitrogens with one attached hydrogen (secondary N) is 1. The molecule has 33 heavy (non-hydrogen) atoms. The third-order valence-electron chi connectivity index (χ3n) is 5.88. The number of amides is 1. The second kappa shape index (κ2) is 8.94. The number of hydrogen-bond donors (Lipinski definition) is 2. The van der Waals surface area contributed by atoms with Crippen LogP contribution in [0.5, 0.6) is 0 Å². The lowest BCUT2D eigenvalue weighted by molar-refractivity contribution is -0.112. The molecule has 0 spiro atoms. The SMILES string of the molecule is C[SiH](C)C1(n2cnc3c(NC(=O)c4ccccc4)ncnc32)CC(O)C(COC(C)(C)C)O1. The van der Waals surface area contributed by atoms with E-state index in [0.717, 1.165) is 0 Å². The smallest absolute Gasteiger partial charge is 0.256 e. The van der Waals surface area contributed by atoms with Gasteiger partial charge in [0.25, 0.3) is 5.91 Å². The van der Waals surface area contributed by atoms with Crippen LogP contribution in [-0.4, -0.2) is 63.7 Å². The summed E-state index contributed by atoms with van der Waals surface area (Å²) in [6.45, 7) is 10.6. The molecule has 0 saturated carbocycles. The van der Waals surface area contributed by atoms with Crippen molar-refractivity contribution >= 4 is 31.7 Å². The van der Waals surface area contributed by atoms with Crippen LogP contribution in [0.4, 0.5) is 5.82 Å². The van der Waals surface area contributed by atoms with Gasteiger partial charge in [0.1, 0.15) is 17.8 Å². The normalized spacial score (nSPS) is 23.4. The van der Waals surface area contributed by atoms with Crippen molar-refractivity contribution in [3.63, 3.8) is 0 Å². The van der Waals surface area contributed by atoms with Crippen molar-refractivity contribution in [1.29, 1.82) is 0 Å². The van der Waals surface area contributed by atoms with E-state index < -0.39 is 26.4 Å². The number of ether oxygens (including phenoxy) is 2. The number of anilines is 1. The van der Waals surface area contributed by atoms with E-state index in [1.165, 1.54) is 6.33 Å². The lowest BCUT2D eigenvalue weighted by Gasteiger charge is -2.34. The number of aliphatic hydroxyl groups excluding tert-OH is 1. The van der Waals surface area contributed by atoms with E-state index in [1.807, 2.05) is 31.4 Å². The fourth-order valence-corrected chi connectivity index (χ4v) is 5.98. The second-order valence-corrected chi connectivity index (χ2v) is 12.9. The van der Waals surface area contributed by atoms with Crippen molar-refractivity contribution in [2.24, 2.45) is 0 Å². The zero-order valence-corrected chi connectivity index (χ0v) is 20.8. The molecule has 1 saturated heterocycles. The minimum absolute atomic E-state index is 0.273. The molecule has 1 amide bonds. The summed E-state index contributed by atoms with van der Waals surface area (Å²) >= 11 is 0. The standard InChI is InChI=1S/C23H31N5O4Si/c1-22(2,3)31-12-17-16(29)11-23(32-17,33(4)5)28-14-26-18-19(24-13-25-20(18)28)27-21(30)15-9-7-6-8-10-15/h6-10,13-14,16-17,29,33H,11-12H2,1-5H3,(H,24,25,27,30). The molecule has 2 aromatic heterocycles. The van der Waals surface area contributed by atoms with E-state index in [0.29, 0.717) is 35.6 Å². The van der Waals surface area contributed by atoms with Gasteiger partial charge in [-0.3, -0.25) is 9.36 Å². The van der Waals surface area contributed by atoms with Crippen LogP contribution in [0.1, 0.15) is 37.6 Å². The zero-order chi connectivity index (χ0) is 23.8. The van der Waals surface area contributed by atoms with E-state index in [2.05, 4.69) is 33.4 Å². The van der Waals surface area contributed by atoms with Crippen molar-refractivity contribution in [2.45, 2.75) is 63.4 Å². The Morgan fingerprint density at radius 2 is 2.00 bits per heavy atom. The highest BCUT2D eigenvalue weighted by atomic mass is 28.3. The molecule has 1 aliphatic heterocycles. The summed E-state index contributed by atoms with van der Waals surface area (Å²) < 4.78 is 14.3. The Kier molecular flexibility index (Phi) is 6.36. The van der Waals surface area contributed by atoms with Crippen molar-refractivity contribution in [3.05, 3.63) is 48.5 Å². The molecule has 3 unspecified atom stereocenters. The van der Waals surface area contributed by atoms with Crippen molar-refractivity contribution in [1.82, 2.24) is 19.5 Å². The van der Waals surface area contributed by atoms with E-state index in [-0.39, 0.29) is 11.5 Å². The zero-order valence-electron chi connectivity index (χ0n) is 19.6. The van der Waals surface area contributed by atoms with Crippen LogP contribution in [0, 0.1) is 0 Å². The van der Waals surface area contributed by atoms with Gasteiger partial charge in [-0.05, 0) is 32.9 Å². The number of fused-ring (bicyclic) bond motifs is 1. The third-order valence-corrected chi connectivity index (χ3v) is 8.33. The molecule has 4 rings (SSSR count). The summed E-state index contributed by atoms with van der Waals surface area (Å²) in [5.74, 6) is 0.0596. The van der Waals surface area contributed by atoms with E-state index in [1.54, 1.807) is 30.6 Å². The Morgan fingerprint density at radius 1 is 1.27 bits per heavy atom. The number of imidazole rings is 1. The number of hydrogen-bond acceptors (Lipinski definition) is 7. The van der Waals surface area contributed by atoms with E-state index >= 15 is 0 Å². The van der Waals surface area contributed by atoms with Crippen LogP contribution in [0.3, 0.4) is 0 Å². The topological polar surface area (TPSA) is 111 Å². The minimum atomic E-state index is -1.56. The van der Waals surface area contributed by atoms with E-state index in [9.17, 15) is 9.90 Å². The lowest BCUT2D eigenvalue weighted by atomic mass is 10.1. The molecule has 0 aliphatic carbocycles. The first-order valence-corrected chi connectivity index (χ1v) is 14.0. The third kappa shape index (κ3) is 4.69. The number of benzene rings is 1. The minimum Gasteiger partial charge on any atom is -0.390 e. The van der Waals surface area contributed by atoms with Gasteiger partial charge in [-0.15, -0.1) is 0 Å². The van der Waals surface area contributed by atoms with Crippen molar-refractivity contribution in [3.8, 4) is 0 Å². The quantitative estimate of drug-likeness (QED) is 0.534. The summed E-state index contributed by atoms with van der Waals surface area (Å²) in [4.78, 5) is 25.9. The Bertz CT molecular complexity index is 1130. The molecule has 1 aliphatic rings. The second-order valence-electron chi connectivity index (χ2n) is 9.68. The van der Waals surface area contributed by atoms with Crippen molar-refractivity contribution in [2.75, 3.05) is 11.9 Å². The van der Waals surface area contributed by atoms with Crippen LogP contribution in [-0.2, 0) is 14.8 Å².